The largest absolute Gasteiger partial charge is 0.399 e. The van der Waals surface area contributed by atoms with Crippen LogP contribution in [0.1, 0.15) is 17.4 Å². The van der Waals surface area contributed by atoms with Crippen LogP contribution in [0, 0.1) is 0 Å². The van der Waals surface area contributed by atoms with Crippen LogP contribution in [0.2, 0.25) is 0 Å². The second kappa shape index (κ2) is 6.21. The molecule has 6 nitrogen and oxygen atoms in total. The molecule has 2 aromatic rings. The maximum Gasteiger partial charge on any atom is 0.274 e. The van der Waals surface area contributed by atoms with E-state index in [0.29, 0.717) is 24.5 Å². The van der Waals surface area contributed by atoms with Crippen LogP contribution in [0.25, 0.3) is 5.69 Å². The van der Waals surface area contributed by atoms with Gasteiger partial charge in [-0.05, 0) is 37.3 Å². The molecular formula is C14H18N4O2. The summed E-state index contributed by atoms with van der Waals surface area (Å²) in [5.41, 5.74) is 7.51. The standard InChI is InChI=1S/C14H18N4O2/c1-2-17(9-10-19)14(20)13-7-8-18(16-13)12-5-3-11(15)4-6-12/h3-8,19H,2,9-10,15H2,1H3. The number of aromatic nitrogens is 2. The maximum atomic E-state index is 12.2. The Hall–Kier alpha value is -2.34. The third kappa shape index (κ3) is 2.97. The monoisotopic (exact) mass is 274 g/mol. The summed E-state index contributed by atoms with van der Waals surface area (Å²) in [5, 5.41) is 13.2. The van der Waals surface area contributed by atoms with E-state index in [1.807, 2.05) is 19.1 Å². The number of aliphatic hydroxyl groups is 1. The Morgan fingerprint density at radius 3 is 2.65 bits per heavy atom. The molecule has 3 N–H and O–H groups in total. The highest BCUT2D eigenvalue weighted by molar-refractivity contribution is 5.92. The number of nitrogens with two attached hydrogens (primary N) is 1. The number of nitrogen functional groups attached to an aromatic ring is 1. The van der Waals surface area contributed by atoms with E-state index in [9.17, 15) is 4.79 Å². The fourth-order valence-electron chi connectivity index (χ4n) is 1.89. The van der Waals surface area contributed by atoms with Gasteiger partial charge < -0.3 is 15.7 Å². The van der Waals surface area contributed by atoms with Crippen LogP contribution in [0.4, 0.5) is 5.69 Å². The second-order valence-electron chi connectivity index (χ2n) is 4.35. The van der Waals surface area contributed by atoms with Crippen LogP contribution in [0.3, 0.4) is 0 Å². The molecule has 106 valence electrons. The summed E-state index contributed by atoms with van der Waals surface area (Å²) < 4.78 is 1.62. The summed E-state index contributed by atoms with van der Waals surface area (Å²) in [6, 6.07) is 8.90. The minimum Gasteiger partial charge on any atom is -0.399 e. The summed E-state index contributed by atoms with van der Waals surface area (Å²) in [6.07, 6.45) is 1.73. The Labute approximate surface area is 117 Å². The van der Waals surface area contributed by atoms with Gasteiger partial charge in [0.05, 0.1) is 12.3 Å². The van der Waals surface area contributed by atoms with Crippen LogP contribution in [-0.4, -0.2) is 45.4 Å². The average molecular weight is 274 g/mol. The lowest BCUT2D eigenvalue weighted by molar-refractivity contribution is 0.0725. The minimum absolute atomic E-state index is 0.0573. The van der Waals surface area contributed by atoms with E-state index in [-0.39, 0.29) is 12.5 Å². The van der Waals surface area contributed by atoms with E-state index in [1.165, 1.54) is 0 Å². The average Bonchev–Trinajstić information content (AvgIpc) is 2.94. The Morgan fingerprint density at radius 1 is 1.35 bits per heavy atom. The number of likely N-dealkylation sites (N-methyl/N-ethyl adjacent to an activating group) is 1. The highest BCUT2D eigenvalue weighted by Crippen LogP contribution is 2.11. The predicted octanol–water partition coefficient (Wildman–Crippen LogP) is 0.909. The van der Waals surface area contributed by atoms with E-state index in [4.69, 9.17) is 10.8 Å². The van der Waals surface area contributed by atoms with Crippen molar-refractivity contribution in [2.45, 2.75) is 6.92 Å². The van der Waals surface area contributed by atoms with E-state index in [0.717, 1.165) is 5.69 Å². The number of carbonyl (C=O) groups is 1. The molecule has 0 saturated heterocycles. The third-order valence-corrected chi connectivity index (χ3v) is 3.00. The van der Waals surface area contributed by atoms with E-state index in [1.54, 1.807) is 34.0 Å². The maximum absolute atomic E-state index is 12.2. The van der Waals surface area contributed by atoms with Crippen molar-refractivity contribution >= 4 is 11.6 Å². The van der Waals surface area contributed by atoms with E-state index in [2.05, 4.69) is 5.10 Å². The van der Waals surface area contributed by atoms with E-state index >= 15 is 0 Å². The molecule has 20 heavy (non-hydrogen) atoms. The molecule has 1 amide bonds. The Bertz CT molecular complexity index is 577. The molecule has 0 bridgehead atoms. The van der Waals surface area contributed by atoms with Crippen molar-refractivity contribution in [3.05, 3.63) is 42.2 Å². The van der Waals surface area contributed by atoms with Gasteiger partial charge in [0.15, 0.2) is 5.69 Å². The molecule has 1 aromatic heterocycles. The molecule has 2 rings (SSSR count). The molecule has 6 heteroatoms. The zero-order valence-corrected chi connectivity index (χ0v) is 11.4. The van der Waals surface area contributed by atoms with Crippen LogP contribution >= 0.6 is 0 Å². The molecule has 0 spiro atoms. The molecule has 0 aliphatic rings. The highest BCUT2D eigenvalue weighted by Gasteiger charge is 2.16. The number of anilines is 1. The lowest BCUT2D eigenvalue weighted by Crippen LogP contribution is -2.33. The number of hydrogen-bond donors (Lipinski definition) is 2. The lowest BCUT2D eigenvalue weighted by atomic mass is 10.3. The number of nitrogens with zero attached hydrogens (tertiary/aromatic N) is 3. The van der Waals surface area contributed by atoms with Gasteiger partial charge in [-0.3, -0.25) is 4.79 Å². The fourth-order valence-corrected chi connectivity index (χ4v) is 1.89. The van der Waals surface area contributed by atoms with E-state index < -0.39 is 0 Å². The first-order chi connectivity index (χ1) is 9.65. The van der Waals surface area contributed by atoms with Crippen molar-refractivity contribution in [3.63, 3.8) is 0 Å². The first kappa shape index (κ1) is 14.1. The Morgan fingerprint density at radius 2 is 2.05 bits per heavy atom. The molecule has 1 aromatic carbocycles. The van der Waals surface area contributed by atoms with Gasteiger partial charge in [-0.15, -0.1) is 0 Å². The summed E-state index contributed by atoms with van der Waals surface area (Å²) in [5.74, 6) is -0.184. The van der Waals surface area contributed by atoms with Gasteiger partial charge in [0.2, 0.25) is 0 Å². The zero-order valence-electron chi connectivity index (χ0n) is 11.4. The van der Waals surface area contributed by atoms with Crippen molar-refractivity contribution in [1.82, 2.24) is 14.7 Å². The predicted molar refractivity (Wildman–Crippen MR) is 76.6 cm³/mol. The topological polar surface area (TPSA) is 84.4 Å². The molecule has 0 fully saturated rings. The summed E-state index contributed by atoms with van der Waals surface area (Å²) >= 11 is 0. The smallest absolute Gasteiger partial charge is 0.274 e. The first-order valence-corrected chi connectivity index (χ1v) is 6.47. The summed E-state index contributed by atoms with van der Waals surface area (Å²) in [6.45, 7) is 2.65. The molecular weight excluding hydrogens is 256 g/mol. The van der Waals surface area contributed by atoms with Crippen LogP contribution in [0.15, 0.2) is 36.5 Å². The molecule has 0 unspecified atom stereocenters. The Balaban J connectivity index is 2.20. The normalized spacial score (nSPS) is 10.5. The molecule has 0 aliphatic heterocycles. The van der Waals surface area contributed by atoms with Crippen molar-refractivity contribution in [1.29, 1.82) is 0 Å². The van der Waals surface area contributed by atoms with Crippen molar-refractivity contribution in [3.8, 4) is 5.69 Å². The summed E-state index contributed by atoms with van der Waals surface area (Å²) in [4.78, 5) is 13.7. The van der Waals surface area contributed by atoms with Gasteiger partial charge in [-0.1, -0.05) is 0 Å². The second-order valence-corrected chi connectivity index (χ2v) is 4.35. The Kier molecular flexibility index (Phi) is 4.37. The SMILES string of the molecule is CCN(CCO)C(=O)c1ccn(-c2ccc(N)cc2)n1. The fraction of sp³-hybridized carbons (Fsp3) is 0.286. The first-order valence-electron chi connectivity index (χ1n) is 6.47. The number of benzene rings is 1. The lowest BCUT2D eigenvalue weighted by Gasteiger charge is -2.18. The third-order valence-electron chi connectivity index (χ3n) is 3.00. The van der Waals surface area contributed by atoms with Crippen LogP contribution in [0.5, 0.6) is 0 Å². The number of aliphatic hydroxyl groups excluding tert-OH is 1. The summed E-state index contributed by atoms with van der Waals surface area (Å²) in [7, 11) is 0. The van der Waals surface area contributed by atoms with Gasteiger partial charge >= 0.3 is 0 Å². The molecule has 0 atom stereocenters. The van der Waals surface area contributed by atoms with Gasteiger partial charge in [-0.2, -0.15) is 5.10 Å². The highest BCUT2D eigenvalue weighted by atomic mass is 16.3. The quantitative estimate of drug-likeness (QED) is 0.794. The number of carbonyl (C=O) groups excluding carboxylic acids is 1. The van der Waals surface area contributed by atoms with Crippen molar-refractivity contribution < 1.29 is 9.90 Å². The van der Waals surface area contributed by atoms with Crippen LogP contribution < -0.4 is 5.73 Å². The minimum atomic E-state index is -0.184. The van der Waals surface area contributed by atoms with Crippen molar-refractivity contribution in [2.75, 3.05) is 25.4 Å². The zero-order chi connectivity index (χ0) is 14.5. The van der Waals surface area contributed by atoms with Gasteiger partial charge in [0, 0.05) is 25.0 Å². The van der Waals surface area contributed by atoms with Gasteiger partial charge in [-0.25, -0.2) is 4.68 Å². The number of amides is 1. The molecule has 1 heterocycles. The molecule has 0 radical (unpaired) electrons. The van der Waals surface area contributed by atoms with Crippen LogP contribution in [-0.2, 0) is 0 Å². The number of rotatable bonds is 5. The van der Waals surface area contributed by atoms with Gasteiger partial charge in [0.1, 0.15) is 0 Å². The van der Waals surface area contributed by atoms with Gasteiger partial charge in [0.25, 0.3) is 5.91 Å². The van der Waals surface area contributed by atoms with Crippen molar-refractivity contribution in [2.24, 2.45) is 0 Å². The number of hydrogen-bond acceptors (Lipinski definition) is 4. The molecule has 0 saturated carbocycles. The molecule has 0 aliphatic carbocycles.